The van der Waals surface area contributed by atoms with Crippen molar-refractivity contribution in [2.24, 2.45) is 0 Å². The summed E-state index contributed by atoms with van der Waals surface area (Å²) in [6.07, 6.45) is 2.95. The van der Waals surface area contributed by atoms with E-state index in [4.69, 9.17) is 0 Å². The van der Waals surface area contributed by atoms with Crippen LogP contribution in [-0.4, -0.2) is 28.5 Å². The van der Waals surface area contributed by atoms with Crippen LogP contribution in [0.2, 0.25) is 0 Å². The molecule has 1 aliphatic heterocycles. The topological polar surface area (TPSA) is 42.3 Å². The van der Waals surface area contributed by atoms with Gasteiger partial charge in [-0.3, -0.25) is 9.59 Å². The summed E-state index contributed by atoms with van der Waals surface area (Å²) in [6, 6.07) is 9.36. The van der Waals surface area contributed by atoms with Crippen LogP contribution in [0.4, 0.5) is 0 Å². The number of pyridine rings is 1. The molecule has 1 aromatic heterocycles. The van der Waals surface area contributed by atoms with Gasteiger partial charge in [-0.05, 0) is 30.4 Å². The van der Waals surface area contributed by atoms with Gasteiger partial charge in [-0.2, -0.15) is 0 Å². The molecule has 1 saturated heterocycles. The zero-order valence-electron chi connectivity index (χ0n) is 12.3. The zero-order valence-corrected chi connectivity index (χ0v) is 12.3. The molecule has 1 amide bonds. The summed E-state index contributed by atoms with van der Waals surface area (Å²) in [5.41, 5.74) is 0.484. The molecule has 4 nitrogen and oxygen atoms in total. The van der Waals surface area contributed by atoms with Gasteiger partial charge in [-0.25, -0.2) is 0 Å². The lowest BCUT2D eigenvalue weighted by Gasteiger charge is -2.31. The molecule has 0 N–H and O–H groups in total. The number of benzene rings is 1. The van der Waals surface area contributed by atoms with Crippen molar-refractivity contribution in [3.8, 4) is 0 Å². The SMILES string of the molecule is CCCCn1c(C(=O)N2CCC2)cc2ccccc2c1=O. The molecule has 21 heavy (non-hydrogen) atoms. The lowest BCUT2D eigenvalue weighted by atomic mass is 10.1. The van der Waals surface area contributed by atoms with Crippen molar-refractivity contribution in [2.75, 3.05) is 13.1 Å². The van der Waals surface area contributed by atoms with E-state index in [0.29, 0.717) is 17.6 Å². The Bertz CT molecular complexity index is 729. The van der Waals surface area contributed by atoms with E-state index in [1.807, 2.05) is 35.2 Å². The van der Waals surface area contributed by atoms with Gasteiger partial charge in [0.1, 0.15) is 5.69 Å². The fraction of sp³-hybridized carbons (Fsp3) is 0.412. The maximum Gasteiger partial charge on any atom is 0.270 e. The summed E-state index contributed by atoms with van der Waals surface area (Å²) in [7, 11) is 0. The van der Waals surface area contributed by atoms with Crippen LogP contribution in [0, 0.1) is 0 Å². The van der Waals surface area contributed by atoms with Crippen LogP contribution < -0.4 is 5.56 Å². The van der Waals surface area contributed by atoms with Gasteiger partial charge >= 0.3 is 0 Å². The van der Waals surface area contributed by atoms with Gasteiger partial charge < -0.3 is 9.47 Å². The molecule has 4 heteroatoms. The third kappa shape index (κ3) is 2.46. The first-order valence-corrected chi connectivity index (χ1v) is 7.64. The Morgan fingerprint density at radius 3 is 2.67 bits per heavy atom. The number of hydrogen-bond donors (Lipinski definition) is 0. The van der Waals surface area contributed by atoms with Crippen molar-refractivity contribution < 1.29 is 4.79 Å². The van der Waals surface area contributed by atoms with Crippen molar-refractivity contribution >= 4 is 16.7 Å². The third-order valence-corrected chi connectivity index (χ3v) is 4.12. The number of carbonyl (C=O) groups is 1. The van der Waals surface area contributed by atoms with Crippen LogP contribution in [0.1, 0.15) is 36.7 Å². The highest BCUT2D eigenvalue weighted by Gasteiger charge is 2.25. The molecule has 0 radical (unpaired) electrons. The monoisotopic (exact) mass is 284 g/mol. The number of nitrogens with zero attached hydrogens (tertiary/aromatic N) is 2. The molecular weight excluding hydrogens is 264 g/mol. The second-order valence-corrected chi connectivity index (χ2v) is 5.57. The van der Waals surface area contributed by atoms with Crippen LogP contribution in [0.15, 0.2) is 35.1 Å². The van der Waals surface area contributed by atoms with Gasteiger partial charge in [-0.1, -0.05) is 31.5 Å². The largest absolute Gasteiger partial charge is 0.337 e. The quantitative estimate of drug-likeness (QED) is 0.866. The van der Waals surface area contributed by atoms with Gasteiger partial charge in [0.2, 0.25) is 0 Å². The molecule has 0 saturated carbocycles. The van der Waals surface area contributed by atoms with Gasteiger partial charge in [0.15, 0.2) is 0 Å². The predicted octanol–water partition coefficient (Wildman–Crippen LogP) is 2.65. The fourth-order valence-corrected chi connectivity index (χ4v) is 2.69. The molecule has 0 aliphatic carbocycles. The van der Waals surface area contributed by atoms with Crippen molar-refractivity contribution in [1.29, 1.82) is 0 Å². The highest BCUT2D eigenvalue weighted by atomic mass is 16.2. The maximum absolute atomic E-state index is 12.7. The average molecular weight is 284 g/mol. The second-order valence-electron chi connectivity index (χ2n) is 5.57. The first-order valence-electron chi connectivity index (χ1n) is 7.64. The van der Waals surface area contributed by atoms with Crippen molar-refractivity contribution in [3.63, 3.8) is 0 Å². The van der Waals surface area contributed by atoms with E-state index in [9.17, 15) is 9.59 Å². The summed E-state index contributed by atoms with van der Waals surface area (Å²) < 4.78 is 1.66. The fourth-order valence-electron chi connectivity index (χ4n) is 2.69. The molecule has 0 unspecified atom stereocenters. The first kappa shape index (κ1) is 13.9. The van der Waals surface area contributed by atoms with Crippen LogP contribution in [0.3, 0.4) is 0 Å². The van der Waals surface area contributed by atoms with Gasteiger partial charge in [0.05, 0.1) is 0 Å². The van der Waals surface area contributed by atoms with E-state index in [1.165, 1.54) is 0 Å². The normalized spacial score (nSPS) is 14.2. The lowest BCUT2D eigenvalue weighted by Crippen LogP contribution is -2.44. The van der Waals surface area contributed by atoms with E-state index >= 15 is 0 Å². The van der Waals surface area contributed by atoms with E-state index < -0.39 is 0 Å². The highest BCUT2D eigenvalue weighted by molar-refractivity contribution is 5.97. The highest BCUT2D eigenvalue weighted by Crippen LogP contribution is 2.17. The van der Waals surface area contributed by atoms with Crippen molar-refractivity contribution in [2.45, 2.75) is 32.7 Å². The van der Waals surface area contributed by atoms with Crippen LogP contribution in [-0.2, 0) is 6.54 Å². The molecule has 1 aromatic carbocycles. The molecule has 0 atom stereocenters. The number of carbonyl (C=O) groups excluding carboxylic acids is 1. The molecule has 0 spiro atoms. The summed E-state index contributed by atoms with van der Waals surface area (Å²) >= 11 is 0. The van der Waals surface area contributed by atoms with Crippen molar-refractivity contribution in [1.82, 2.24) is 9.47 Å². The Morgan fingerprint density at radius 1 is 1.24 bits per heavy atom. The summed E-state index contributed by atoms with van der Waals surface area (Å²) in [5.74, 6) is -0.0137. The number of rotatable bonds is 4. The van der Waals surface area contributed by atoms with Gasteiger partial charge in [-0.15, -0.1) is 0 Å². The van der Waals surface area contributed by atoms with Crippen LogP contribution >= 0.6 is 0 Å². The van der Waals surface area contributed by atoms with Crippen LogP contribution in [0.5, 0.6) is 0 Å². The van der Waals surface area contributed by atoms with E-state index in [2.05, 4.69) is 6.92 Å². The molecular formula is C17H20N2O2. The number of unbranched alkanes of at least 4 members (excludes halogenated alkanes) is 1. The predicted molar refractivity (Wildman–Crippen MR) is 83.6 cm³/mol. The molecule has 2 aromatic rings. The average Bonchev–Trinajstić information content (AvgIpc) is 2.44. The number of hydrogen-bond acceptors (Lipinski definition) is 2. The summed E-state index contributed by atoms with van der Waals surface area (Å²) in [6.45, 7) is 4.29. The Hall–Kier alpha value is -2.10. The zero-order chi connectivity index (χ0) is 14.8. The molecule has 2 heterocycles. The molecule has 3 rings (SSSR count). The second kappa shape index (κ2) is 5.72. The number of aromatic nitrogens is 1. The van der Waals surface area contributed by atoms with Crippen LogP contribution in [0.25, 0.3) is 10.8 Å². The maximum atomic E-state index is 12.7. The standard InChI is InChI=1S/C17H20N2O2/c1-2-3-11-19-15(17(21)18-9-6-10-18)12-13-7-4-5-8-14(13)16(19)20/h4-5,7-8,12H,2-3,6,9-11H2,1H3. The minimum atomic E-state index is -0.0505. The molecule has 1 fully saturated rings. The van der Waals surface area contributed by atoms with Gasteiger partial charge in [0, 0.05) is 25.0 Å². The molecule has 0 bridgehead atoms. The minimum Gasteiger partial charge on any atom is -0.337 e. The van der Waals surface area contributed by atoms with E-state index in [0.717, 1.165) is 37.7 Å². The smallest absolute Gasteiger partial charge is 0.270 e. The Morgan fingerprint density at radius 2 is 2.00 bits per heavy atom. The summed E-state index contributed by atoms with van der Waals surface area (Å²) in [4.78, 5) is 27.1. The number of amides is 1. The summed E-state index contributed by atoms with van der Waals surface area (Å²) in [5, 5.41) is 1.54. The van der Waals surface area contributed by atoms with Gasteiger partial charge in [0.25, 0.3) is 11.5 Å². The number of fused-ring (bicyclic) bond motifs is 1. The number of likely N-dealkylation sites (tertiary alicyclic amines) is 1. The molecule has 110 valence electrons. The third-order valence-electron chi connectivity index (χ3n) is 4.12. The Kier molecular flexibility index (Phi) is 3.78. The Labute approximate surface area is 124 Å². The van der Waals surface area contributed by atoms with E-state index in [1.54, 1.807) is 4.57 Å². The first-order chi connectivity index (χ1) is 10.2. The minimum absolute atomic E-state index is 0.0137. The van der Waals surface area contributed by atoms with E-state index in [-0.39, 0.29) is 11.5 Å². The lowest BCUT2D eigenvalue weighted by molar-refractivity contribution is 0.0639. The Balaban J connectivity index is 2.15. The van der Waals surface area contributed by atoms with Crippen molar-refractivity contribution in [3.05, 3.63) is 46.4 Å². The molecule has 1 aliphatic rings.